The fourth-order valence-electron chi connectivity index (χ4n) is 3.89. The molecule has 2 aromatic heterocycles. The van der Waals surface area contributed by atoms with E-state index in [0.29, 0.717) is 49.0 Å². The van der Waals surface area contributed by atoms with Crippen molar-refractivity contribution in [2.75, 3.05) is 25.1 Å². The first-order valence-corrected chi connectivity index (χ1v) is 10.4. The van der Waals surface area contributed by atoms with Gasteiger partial charge in [-0.2, -0.15) is 0 Å². The number of anilines is 1. The summed E-state index contributed by atoms with van der Waals surface area (Å²) < 4.78 is 20.1. The van der Waals surface area contributed by atoms with Crippen LogP contribution in [0.15, 0.2) is 42.6 Å². The van der Waals surface area contributed by atoms with Crippen LogP contribution in [-0.2, 0) is 20.1 Å². The molecule has 0 radical (unpaired) electrons. The number of benzene rings is 1. The number of carboxylic acid groups (broad SMARTS) is 1. The molecule has 33 heavy (non-hydrogen) atoms. The fourth-order valence-corrected chi connectivity index (χ4v) is 3.89. The van der Waals surface area contributed by atoms with Crippen LogP contribution in [0.5, 0.6) is 5.75 Å². The molecule has 0 unspecified atom stereocenters. The molecule has 1 saturated heterocycles. The number of nitrogens with zero attached hydrogens (tertiary/aromatic N) is 4. The molecule has 1 N–H and O–H groups in total. The van der Waals surface area contributed by atoms with E-state index in [2.05, 4.69) is 15.3 Å². The Kier molecular flexibility index (Phi) is 8.47. The van der Waals surface area contributed by atoms with Gasteiger partial charge in [-0.25, -0.2) is 14.4 Å². The van der Waals surface area contributed by atoms with Crippen molar-refractivity contribution >= 4 is 11.8 Å². The zero-order chi connectivity index (χ0) is 22.7. The standard InChI is InChI=1S/C23H26FN5O3.Na/c1-28-21(23(30)31)19(13-25-11-15-3-6-18(32-2)7-4-15)27-22(28)16-5-8-20(26-12-16)29-10-9-17(24)14-29;/h3-8,12,17,25H,9-11,13-14H2,1-2H3,(H,30,31);/q;+1/p-1/t17-;/m0./s1. The number of rotatable bonds is 8. The zero-order valence-electron chi connectivity index (χ0n) is 19.0. The average Bonchev–Trinajstić information content (AvgIpc) is 3.37. The number of hydrogen-bond acceptors (Lipinski definition) is 7. The summed E-state index contributed by atoms with van der Waals surface area (Å²) in [6.07, 6.45) is 1.31. The Hall–Kier alpha value is -2.46. The Labute approximate surface area is 214 Å². The molecular weight excluding hydrogens is 436 g/mol. The summed E-state index contributed by atoms with van der Waals surface area (Å²) in [5, 5.41) is 15.0. The van der Waals surface area contributed by atoms with Gasteiger partial charge in [0.25, 0.3) is 0 Å². The number of alkyl halides is 1. The summed E-state index contributed by atoms with van der Waals surface area (Å²) in [6.45, 7) is 1.78. The van der Waals surface area contributed by atoms with Crippen LogP contribution in [0.2, 0.25) is 0 Å². The number of pyridine rings is 1. The third-order valence-corrected chi connectivity index (χ3v) is 5.60. The van der Waals surface area contributed by atoms with E-state index in [4.69, 9.17) is 4.74 Å². The number of nitrogens with one attached hydrogen (secondary N) is 1. The minimum absolute atomic E-state index is 0. The van der Waals surface area contributed by atoms with Gasteiger partial charge in [-0.05, 0) is 36.2 Å². The maximum absolute atomic E-state index is 13.5. The van der Waals surface area contributed by atoms with E-state index in [1.807, 2.05) is 41.3 Å². The molecule has 4 rings (SSSR count). The number of aromatic nitrogens is 3. The number of ether oxygens (including phenoxy) is 1. The molecule has 168 valence electrons. The quantitative estimate of drug-likeness (QED) is 0.417. The van der Waals surface area contributed by atoms with E-state index in [0.717, 1.165) is 11.3 Å². The van der Waals surface area contributed by atoms with Gasteiger partial charge in [0.2, 0.25) is 0 Å². The molecule has 1 fully saturated rings. The maximum atomic E-state index is 13.5. The first kappa shape index (κ1) is 25.2. The van der Waals surface area contributed by atoms with Crippen LogP contribution < -0.4 is 49.6 Å². The van der Waals surface area contributed by atoms with E-state index in [1.165, 1.54) is 4.57 Å². The second kappa shape index (κ2) is 11.1. The van der Waals surface area contributed by atoms with Crippen LogP contribution in [-0.4, -0.2) is 46.9 Å². The largest absolute Gasteiger partial charge is 1.00 e. The summed E-state index contributed by atoms with van der Waals surface area (Å²) in [5.74, 6) is 0.665. The predicted octanol–water partition coefficient (Wildman–Crippen LogP) is -1.30. The fraction of sp³-hybridized carbons (Fsp3) is 0.348. The molecular formula is C23H25FN5NaO3. The van der Waals surface area contributed by atoms with Crippen LogP contribution in [0.25, 0.3) is 11.4 Å². The number of imidazole rings is 1. The molecule has 0 bridgehead atoms. The van der Waals surface area contributed by atoms with Gasteiger partial charge in [-0.15, -0.1) is 0 Å². The molecule has 10 heteroatoms. The number of hydrogen-bond donors (Lipinski definition) is 1. The third-order valence-electron chi connectivity index (χ3n) is 5.60. The van der Waals surface area contributed by atoms with Crippen molar-refractivity contribution in [2.45, 2.75) is 25.7 Å². The molecule has 0 saturated carbocycles. The Balaban J connectivity index is 0.00000306. The molecule has 1 atom stereocenters. The van der Waals surface area contributed by atoms with Gasteiger partial charge in [0.1, 0.15) is 23.6 Å². The molecule has 1 aliphatic rings. The number of aromatic carboxylic acids is 1. The summed E-state index contributed by atoms with van der Waals surface area (Å²) in [4.78, 5) is 22.6. The molecule has 1 aromatic carbocycles. The number of carbonyl (C=O) groups excluding carboxylic acids is 1. The predicted molar refractivity (Wildman–Crippen MR) is 116 cm³/mol. The van der Waals surface area contributed by atoms with E-state index in [1.54, 1.807) is 20.4 Å². The average molecular weight is 461 g/mol. The summed E-state index contributed by atoms with van der Waals surface area (Å²) in [7, 11) is 3.25. The minimum Gasteiger partial charge on any atom is -0.543 e. The Morgan fingerprint density at radius 2 is 2.00 bits per heavy atom. The first-order valence-electron chi connectivity index (χ1n) is 10.4. The third kappa shape index (κ3) is 5.73. The van der Waals surface area contributed by atoms with Crippen LogP contribution in [0.4, 0.5) is 10.2 Å². The van der Waals surface area contributed by atoms with Crippen molar-refractivity contribution in [1.82, 2.24) is 19.9 Å². The van der Waals surface area contributed by atoms with Crippen molar-refractivity contribution in [3.63, 3.8) is 0 Å². The number of halogens is 1. The van der Waals surface area contributed by atoms with Crippen molar-refractivity contribution in [1.29, 1.82) is 0 Å². The summed E-state index contributed by atoms with van der Waals surface area (Å²) in [6, 6.07) is 11.2. The van der Waals surface area contributed by atoms with Crippen LogP contribution in [0, 0.1) is 0 Å². The molecule has 3 aromatic rings. The summed E-state index contributed by atoms with van der Waals surface area (Å²) >= 11 is 0. The van der Waals surface area contributed by atoms with Crippen molar-refractivity contribution < 1.29 is 48.6 Å². The molecule has 1 aliphatic heterocycles. The zero-order valence-corrected chi connectivity index (χ0v) is 21.0. The van der Waals surface area contributed by atoms with Crippen molar-refractivity contribution in [3.8, 4) is 17.1 Å². The Bertz CT molecular complexity index is 1090. The summed E-state index contributed by atoms with van der Waals surface area (Å²) in [5.41, 5.74) is 2.12. The second-order valence-corrected chi connectivity index (χ2v) is 7.77. The van der Waals surface area contributed by atoms with E-state index < -0.39 is 12.1 Å². The molecule has 3 heterocycles. The van der Waals surface area contributed by atoms with Gasteiger partial charge in [-0.3, -0.25) is 0 Å². The van der Waals surface area contributed by atoms with E-state index in [-0.39, 0.29) is 41.8 Å². The van der Waals surface area contributed by atoms with Gasteiger partial charge < -0.3 is 29.4 Å². The van der Waals surface area contributed by atoms with Crippen LogP contribution >= 0.6 is 0 Å². The maximum Gasteiger partial charge on any atom is 1.00 e. The van der Waals surface area contributed by atoms with Crippen molar-refractivity contribution in [2.24, 2.45) is 7.05 Å². The van der Waals surface area contributed by atoms with Crippen LogP contribution in [0.3, 0.4) is 0 Å². The first-order chi connectivity index (χ1) is 15.5. The van der Waals surface area contributed by atoms with Gasteiger partial charge in [0.15, 0.2) is 0 Å². The molecule has 0 aliphatic carbocycles. The monoisotopic (exact) mass is 461 g/mol. The molecule has 0 spiro atoms. The minimum atomic E-state index is -1.29. The van der Waals surface area contributed by atoms with Gasteiger partial charge in [-0.1, -0.05) is 12.1 Å². The Morgan fingerprint density at radius 3 is 2.58 bits per heavy atom. The van der Waals surface area contributed by atoms with Gasteiger partial charge in [0, 0.05) is 38.4 Å². The topological polar surface area (TPSA) is 95.3 Å². The van der Waals surface area contributed by atoms with Crippen LogP contribution in [0.1, 0.15) is 28.2 Å². The van der Waals surface area contributed by atoms with Gasteiger partial charge >= 0.3 is 29.6 Å². The second-order valence-electron chi connectivity index (χ2n) is 7.77. The number of methoxy groups -OCH3 is 1. The van der Waals surface area contributed by atoms with E-state index >= 15 is 0 Å². The van der Waals surface area contributed by atoms with Gasteiger partial charge in [0.05, 0.1) is 31.0 Å². The number of carboxylic acids is 1. The smallest absolute Gasteiger partial charge is 0.543 e. The van der Waals surface area contributed by atoms with E-state index in [9.17, 15) is 14.3 Å². The number of carbonyl (C=O) groups is 1. The SMILES string of the molecule is COc1ccc(CNCc2nc(-c3ccc(N4CC[C@H](F)C4)nc3)n(C)c2C(=O)[O-])cc1.[Na+]. The molecule has 0 amide bonds. The Morgan fingerprint density at radius 1 is 1.24 bits per heavy atom. The molecule has 8 nitrogen and oxygen atoms in total. The van der Waals surface area contributed by atoms with Crippen molar-refractivity contribution in [3.05, 3.63) is 59.5 Å². The normalized spacial score (nSPS) is 15.4.